The lowest BCUT2D eigenvalue weighted by Crippen LogP contribution is -2.15. The minimum Gasteiger partial charge on any atom is -0.385 e. The fraction of sp³-hybridized carbons (Fsp3) is 0.231. The van der Waals surface area contributed by atoms with E-state index in [1.54, 1.807) is 6.07 Å². The van der Waals surface area contributed by atoms with Gasteiger partial charge in [-0.25, -0.2) is 0 Å². The van der Waals surface area contributed by atoms with Crippen molar-refractivity contribution in [2.24, 2.45) is 0 Å². The van der Waals surface area contributed by atoms with Crippen LogP contribution in [-0.4, -0.2) is 17.6 Å². The number of anilines is 2. The lowest BCUT2D eigenvalue weighted by molar-refractivity contribution is 0.102. The number of rotatable bonds is 4. The van der Waals surface area contributed by atoms with Crippen molar-refractivity contribution in [3.8, 4) is 0 Å². The van der Waals surface area contributed by atoms with Crippen LogP contribution in [0.1, 0.15) is 22.8 Å². The molecule has 94 valence electrons. The van der Waals surface area contributed by atoms with Crippen LogP contribution in [0.25, 0.3) is 0 Å². The van der Waals surface area contributed by atoms with Crippen molar-refractivity contribution in [2.45, 2.75) is 13.8 Å². The second-order valence-corrected chi connectivity index (χ2v) is 3.92. The zero-order valence-corrected chi connectivity index (χ0v) is 10.4. The summed E-state index contributed by atoms with van der Waals surface area (Å²) in [5.41, 5.74) is 2.44. The van der Waals surface area contributed by atoms with Crippen molar-refractivity contribution in [2.75, 3.05) is 17.2 Å². The first-order valence-electron chi connectivity index (χ1n) is 5.77. The van der Waals surface area contributed by atoms with Crippen molar-refractivity contribution in [3.63, 3.8) is 0 Å². The van der Waals surface area contributed by atoms with Gasteiger partial charge in [-0.1, -0.05) is 16.8 Å². The van der Waals surface area contributed by atoms with Crippen LogP contribution in [0.2, 0.25) is 0 Å². The minimum atomic E-state index is -0.205. The largest absolute Gasteiger partial charge is 0.385 e. The zero-order chi connectivity index (χ0) is 13.0. The van der Waals surface area contributed by atoms with Crippen LogP contribution in [0.4, 0.5) is 11.5 Å². The molecule has 0 aliphatic carbocycles. The third-order valence-electron chi connectivity index (χ3n) is 2.47. The molecule has 0 radical (unpaired) electrons. The van der Waals surface area contributed by atoms with E-state index in [-0.39, 0.29) is 5.91 Å². The molecule has 2 rings (SSSR count). The topological polar surface area (TPSA) is 67.2 Å². The Morgan fingerprint density at radius 3 is 2.89 bits per heavy atom. The highest BCUT2D eigenvalue weighted by atomic mass is 16.5. The molecule has 2 N–H and O–H groups in total. The van der Waals surface area contributed by atoms with Crippen LogP contribution >= 0.6 is 0 Å². The Morgan fingerprint density at radius 1 is 1.39 bits per heavy atom. The summed E-state index contributed by atoms with van der Waals surface area (Å²) in [5.74, 6) is 0.201. The van der Waals surface area contributed by atoms with Crippen molar-refractivity contribution in [1.82, 2.24) is 5.16 Å². The molecule has 0 spiro atoms. The number of aryl methyl sites for hydroxylation is 1. The van der Waals surface area contributed by atoms with E-state index in [1.807, 2.05) is 32.0 Å². The van der Waals surface area contributed by atoms with Gasteiger partial charge in [0.15, 0.2) is 5.82 Å². The number of nitrogens with zero attached hydrogens (tertiary/aromatic N) is 1. The normalized spacial score (nSPS) is 10.1. The predicted molar refractivity (Wildman–Crippen MR) is 69.8 cm³/mol. The zero-order valence-electron chi connectivity index (χ0n) is 10.4. The fourth-order valence-corrected chi connectivity index (χ4v) is 1.65. The molecule has 0 atom stereocenters. The smallest absolute Gasteiger partial charge is 0.259 e. The average Bonchev–Trinajstić information content (AvgIpc) is 2.84. The molecule has 0 unspecified atom stereocenters. The number of carbonyl (C=O) groups is 1. The van der Waals surface area contributed by atoms with Gasteiger partial charge in [-0.05, 0) is 26.0 Å². The second kappa shape index (κ2) is 5.35. The molecule has 1 heterocycles. The number of amides is 1. The summed E-state index contributed by atoms with van der Waals surface area (Å²) in [4.78, 5) is 12.1. The van der Waals surface area contributed by atoms with E-state index in [2.05, 4.69) is 20.3 Å². The summed E-state index contributed by atoms with van der Waals surface area (Å²) in [6.07, 6.45) is 1.41. The van der Waals surface area contributed by atoms with Gasteiger partial charge in [-0.15, -0.1) is 0 Å². The molecule has 5 heteroatoms. The molecule has 0 fully saturated rings. The van der Waals surface area contributed by atoms with E-state index < -0.39 is 0 Å². The van der Waals surface area contributed by atoms with E-state index >= 15 is 0 Å². The summed E-state index contributed by atoms with van der Waals surface area (Å²) in [5, 5.41) is 9.49. The van der Waals surface area contributed by atoms with E-state index in [0.717, 1.165) is 17.8 Å². The summed E-state index contributed by atoms with van der Waals surface area (Å²) >= 11 is 0. The first-order valence-corrected chi connectivity index (χ1v) is 5.77. The quantitative estimate of drug-likeness (QED) is 0.869. The van der Waals surface area contributed by atoms with Crippen molar-refractivity contribution >= 4 is 17.4 Å². The Bertz CT molecular complexity index is 535. The second-order valence-electron chi connectivity index (χ2n) is 3.92. The van der Waals surface area contributed by atoms with E-state index in [1.165, 1.54) is 6.26 Å². The SMILES string of the molecule is CCNc1ccc(C)cc1C(=O)Nc1ccon1. The molecule has 5 nitrogen and oxygen atoms in total. The molecule has 0 aliphatic rings. The Hall–Kier alpha value is -2.30. The van der Waals surface area contributed by atoms with Gasteiger partial charge < -0.3 is 15.2 Å². The van der Waals surface area contributed by atoms with Crippen LogP contribution in [0, 0.1) is 6.92 Å². The number of hydrogen-bond acceptors (Lipinski definition) is 4. The summed E-state index contributed by atoms with van der Waals surface area (Å²) in [7, 11) is 0. The Kier molecular flexibility index (Phi) is 3.62. The maximum Gasteiger partial charge on any atom is 0.259 e. The van der Waals surface area contributed by atoms with Gasteiger partial charge in [-0.3, -0.25) is 4.79 Å². The highest BCUT2D eigenvalue weighted by Gasteiger charge is 2.12. The van der Waals surface area contributed by atoms with Gasteiger partial charge in [0.25, 0.3) is 5.91 Å². The van der Waals surface area contributed by atoms with Gasteiger partial charge in [0, 0.05) is 18.3 Å². The van der Waals surface area contributed by atoms with E-state index in [4.69, 9.17) is 0 Å². The van der Waals surface area contributed by atoms with Gasteiger partial charge in [0.05, 0.1) is 5.56 Å². The first-order chi connectivity index (χ1) is 8.70. The monoisotopic (exact) mass is 245 g/mol. The van der Waals surface area contributed by atoms with Gasteiger partial charge in [-0.2, -0.15) is 0 Å². The summed E-state index contributed by atoms with van der Waals surface area (Å²) in [6.45, 7) is 4.69. The Labute approximate surface area is 105 Å². The Morgan fingerprint density at radius 2 is 2.22 bits per heavy atom. The van der Waals surface area contributed by atoms with Gasteiger partial charge in [0.1, 0.15) is 6.26 Å². The molecule has 0 saturated heterocycles. The third kappa shape index (κ3) is 2.68. The highest BCUT2D eigenvalue weighted by Crippen LogP contribution is 2.18. The van der Waals surface area contributed by atoms with E-state index in [0.29, 0.717) is 11.4 Å². The summed E-state index contributed by atoms with van der Waals surface area (Å²) < 4.78 is 4.67. The maximum atomic E-state index is 12.1. The molecule has 18 heavy (non-hydrogen) atoms. The van der Waals surface area contributed by atoms with E-state index in [9.17, 15) is 4.79 Å². The molecule has 1 aromatic heterocycles. The van der Waals surface area contributed by atoms with Crippen LogP contribution in [0.3, 0.4) is 0 Å². The van der Waals surface area contributed by atoms with Crippen LogP contribution < -0.4 is 10.6 Å². The standard InChI is InChI=1S/C13H15N3O2/c1-3-14-11-5-4-9(2)8-10(11)13(17)15-12-6-7-18-16-12/h4-8,14H,3H2,1-2H3,(H,15,16,17). The lowest BCUT2D eigenvalue weighted by atomic mass is 10.1. The molecular formula is C13H15N3O2. The molecule has 0 aliphatic heterocycles. The number of benzene rings is 1. The first kappa shape index (κ1) is 12.2. The van der Waals surface area contributed by atoms with Crippen LogP contribution in [0.15, 0.2) is 35.1 Å². The van der Waals surface area contributed by atoms with Crippen LogP contribution in [-0.2, 0) is 0 Å². The number of hydrogen-bond donors (Lipinski definition) is 2. The number of nitrogens with one attached hydrogen (secondary N) is 2. The Balaban J connectivity index is 2.25. The highest BCUT2D eigenvalue weighted by molar-refractivity contribution is 6.07. The average molecular weight is 245 g/mol. The molecule has 2 aromatic rings. The van der Waals surface area contributed by atoms with Crippen LogP contribution in [0.5, 0.6) is 0 Å². The minimum absolute atomic E-state index is 0.205. The summed E-state index contributed by atoms with van der Waals surface area (Å²) in [6, 6.07) is 7.30. The van der Waals surface area contributed by atoms with Crippen molar-refractivity contribution < 1.29 is 9.32 Å². The number of carbonyl (C=O) groups excluding carboxylic acids is 1. The van der Waals surface area contributed by atoms with Crippen molar-refractivity contribution in [1.29, 1.82) is 0 Å². The molecule has 1 amide bonds. The molecular weight excluding hydrogens is 230 g/mol. The molecule has 0 bridgehead atoms. The number of aromatic nitrogens is 1. The van der Waals surface area contributed by atoms with Gasteiger partial charge >= 0.3 is 0 Å². The molecule has 0 saturated carbocycles. The third-order valence-corrected chi connectivity index (χ3v) is 2.47. The lowest BCUT2D eigenvalue weighted by Gasteiger charge is -2.10. The molecule has 1 aromatic carbocycles. The fourth-order valence-electron chi connectivity index (χ4n) is 1.65. The maximum absolute atomic E-state index is 12.1. The predicted octanol–water partition coefficient (Wildman–Crippen LogP) is 2.67. The van der Waals surface area contributed by atoms with Gasteiger partial charge in [0.2, 0.25) is 0 Å². The van der Waals surface area contributed by atoms with Crippen molar-refractivity contribution in [3.05, 3.63) is 41.7 Å².